The summed E-state index contributed by atoms with van der Waals surface area (Å²) in [6.07, 6.45) is 15.2. The molecule has 0 saturated heterocycles. The van der Waals surface area contributed by atoms with Crippen molar-refractivity contribution in [3.63, 3.8) is 0 Å². The summed E-state index contributed by atoms with van der Waals surface area (Å²) in [4.78, 5) is 1.48. The minimum absolute atomic E-state index is 0.639. The summed E-state index contributed by atoms with van der Waals surface area (Å²) in [7, 11) is 2.10. The van der Waals surface area contributed by atoms with E-state index in [2.05, 4.69) is 46.7 Å². The summed E-state index contributed by atoms with van der Waals surface area (Å²) in [6, 6.07) is 2.89. The molecule has 0 aliphatic rings. The zero-order valence-electron chi connectivity index (χ0n) is 13.8. The molecule has 1 N–H and O–H groups in total. The van der Waals surface area contributed by atoms with E-state index in [-0.39, 0.29) is 0 Å². The van der Waals surface area contributed by atoms with Crippen LogP contribution in [0, 0.1) is 0 Å². The molecule has 1 heterocycles. The highest BCUT2D eigenvalue weighted by Crippen LogP contribution is 2.22. The number of hydrogen-bond donors (Lipinski definition) is 1. The Bertz CT molecular complexity index is 351. The molecule has 0 aromatic carbocycles. The number of likely N-dealkylation sites (N-methyl/N-ethyl adjacent to an activating group) is 1. The van der Waals surface area contributed by atoms with Crippen LogP contribution in [-0.2, 0) is 6.42 Å². The molecule has 0 amide bonds. The fourth-order valence-electron chi connectivity index (χ4n) is 2.75. The van der Waals surface area contributed by atoms with Crippen molar-refractivity contribution in [1.82, 2.24) is 5.32 Å². The Kier molecular flexibility index (Phi) is 11.6. The SMILES string of the molecule is CCCCCCCCCCCC(Cc1cc(Br)cs1)NC. The summed E-state index contributed by atoms with van der Waals surface area (Å²) in [5.41, 5.74) is 0. The number of thiophene rings is 1. The average molecular weight is 374 g/mol. The number of rotatable bonds is 13. The topological polar surface area (TPSA) is 12.0 Å². The minimum atomic E-state index is 0.639. The lowest BCUT2D eigenvalue weighted by atomic mass is 10.0. The van der Waals surface area contributed by atoms with Gasteiger partial charge in [-0.2, -0.15) is 0 Å². The van der Waals surface area contributed by atoms with Crippen molar-refractivity contribution in [2.24, 2.45) is 0 Å². The smallest absolute Gasteiger partial charge is 0.0285 e. The monoisotopic (exact) mass is 373 g/mol. The predicted molar refractivity (Wildman–Crippen MR) is 100 cm³/mol. The quantitative estimate of drug-likeness (QED) is 0.385. The minimum Gasteiger partial charge on any atom is -0.317 e. The third kappa shape index (κ3) is 9.70. The van der Waals surface area contributed by atoms with Crippen LogP contribution in [0.15, 0.2) is 15.9 Å². The van der Waals surface area contributed by atoms with Gasteiger partial charge in [-0.25, -0.2) is 0 Å². The van der Waals surface area contributed by atoms with Gasteiger partial charge in [0.05, 0.1) is 0 Å². The van der Waals surface area contributed by atoms with Gasteiger partial charge in [0.1, 0.15) is 0 Å². The molecule has 0 aliphatic carbocycles. The first kappa shape index (κ1) is 19.2. The Morgan fingerprint density at radius 2 is 1.67 bits per heavy atom. The Morgan fingerprint density at radius 3 is 2.19 bits per heavy atom. The van der Waals surface area contributed by atoms with Crippen molar-refractivity contribution in [2.45, 2.75) is 83.6 Å². The lowest BCUT2D eigenvalue weighted by Crippen LogP contribution is -2.27. The second-order valence-electron chi connectivity index (χ2n) is 6.04. The number of nitrogens with one attached hydrogen (secondary N) is 1. The van der Waals surface area contributed by atoms with Crippen LogP contribution in [0.25, 0.3) is 0 Å². The van der Waals surface area contributed by atoms with Crippen molar-refractivity contribution < 1.29 is 0 Å². The molecule has 0 spiro atoms. The molecule has 3 heteroatoms. The van der Waals surface area contributed by atoms with E-state index in [1.807, 2.05) is 11.3 Å². The van der Waals surface area contributed by atoms with Crippen molar-refractivity contribution in [2.75, 3.05) is 7.05 Å². The normalized spacial score (nSPS) is 12.7. The second-order valence-corrected chi connectivity index (χ2v) is 7.95. The maximum Gasteiger partial charge on any atom is 0.0285 e. The van der Waals surface area contributed by atoms with Gasteiger partial charge in [0.15, 0.2) is 0 Å². The van der Waals surface area contributed by atoms with Gasteiger partial charge < -0.3 is 5.32 Å². The summed E-state index contributed by atoms with van der Waals surface area (Å²) < 4.78 is 1.22. The maximum atomic E-state index is 3.54. The molecule has 1 aromatic rings. The van der Waals surface area contributed by atoms with Gasteiger partial charge in [-0.15, -0.1) is 11.3 Å². The molecule has 1 atom stereocenters. The van der Waals surface area contributed by atoms with Gasteiger partial charge in [-0.3, -0.25) is 0 Å². The maximum absolute atomic E-state index is 3.54. The van der Waals surface area contributed by atoms with E-state index >= 15 is 0 Å². The summed E-state index contributed by atoms with van der Waals surface area (Å²) >= 11 is 5.40. The average Bonchev–Trinajstić information content (AvgIpc) is 2.89. The summed E-state index contributed by atoms with van der Waals surface area (Å²) in [5, 5.41) is 5.66. The lowest BCUT2D eigenvalue weighted by Gasteiger charge is -2.15. The van der Waals surface area contributed by atoms with E-state index < -0.39 is 0 Å². The fraction of sp³-hybridized carbons (Fsp3) is 0.778. The highest BCUT2D eigenvalue weighted by molar-refractivity contribution is 9.10. The molecule has 0 aliphatic heterocycles. The molecular formula is C18H32BrNS. The third-order valence-corrected chi connectivity index (χ3v) is 5.85. The van der Waals surface area contributed by atoms with Crippen LogP contribution in [0.5, 0.6) is 0 Å². The molecule has 0 fully saturated rings. The van der Waals surface area contributed by atoms with Crippen LogP contribution < -0.4 is 5.32 Å². The molecule has 122 valence electrons. The third-order valence-electron chi connectivity index (χ3n) is 4.13. The largest absolute Gasteiger partial charge is 0.317 e. The number of unbranched alkanes of at least 4 members (excludes halogenated alkanes) is 8. The number of hydrogen-bond acceptors (Lipinski definition) is 2. The van der Waals surface area contributed by atoms with Crippen LogP contribution in [-0.4, -0.2) is 13.1 Å². The molecular weight excluding hydrogens is 342 g/mol. The fourth-order valence-corrected chi connectivity index (χ4v) is 4.29. The van der Waals surface area contributed by atoms with Gasteiger partial charge in [0, 0.05) is 20.8 Å². The Hall–Kier alpha value is 0.140. The van der Waals surface area contributed by atoms with Crippen molar-refractivity contribution in [1.29, 1.82) is 0 Å². The Morgan fingerprint density at radius 1 is 1.05 bits per heavy atom. The first-order valence-corrected chi connectivity index (χ1v) is 10.3. The van der Waals surface area contributed by atoms with Crippen LogP contribution in [0.1, 0.15) is 76.0 Å². The van der Waals surface area contributed by atoms with Crippen molar-refractivity contribution in [3.05, 3.63) is 20.8 Å². The molecule has 0 saturated carbocycles. The molecule has 1 nitrogen and oxygen atoms in total. The molecule has 21 heavy (non-hydrogen) atoms. The van der Waals surface area contributed by atoms with Crippen LogP contribution in [0.3, 0.4) is 0 Å². The van der Waals surface area contributed by atoms with Gasteiger partial charge in [-0.1, -0.05) is 64.7 Å². The molecule has 1 rings (SSSR count). The van der Waals surface area contributed by atoms with Gasteiger partial charge in [0.25, 0.3) is 0 Å². The summed E-state index contributed by atoms with van der Waals surface area (Å²) in [6.45, 7) is 2.28. The highest BCUT2D eigenvalue weighted by atomic mass is 79.9. The van der Waals surface area contributed by atoms with Gasteiger partial charge in [-0.05, 0) is 41.9 Å². The van der Waals surface area contributed by atoms with Crippen LogP contribution in [0.4, 0.5) is 0 Å². The summed E-state index contributed by atoms with van der Waals surface area (Å²) in [5.74, 6) is 0. The van der Waals surface area contributed by atoms with E-state index in [9.17, 15) is 0 Å². The van der Waals surface area contributed by atoms with E-state index in [1.54, 1.807) is 0 Å². The van der Waals surface area contributed by atoms with Gasteiger partial charge in [0.2, 0.25) is 0 Å². The zero-order valence-corrected chi connectivity index (χ0v) is 16.2. The van der Waals surface area contributed by atoms with E-state index in [0.717, 1.165) is 0 Å². The van der Waals surface area contributed by atoms with Crippen LogP contribution in [0.2, 0.25) is 0 Å². The first-order valence-electron chi connectivity index (χ1n) is 8.66. The molecule has 0 radical (unpaired) electrons. The zero-order chi connectivity index (χ0) is 15.3. The Labute approximate surface area is 144 Å². The van der Waals surface area contributed by atoms with Gasteiger partial charge >= 0.3 is 0 Å². The Balaban J connectivity index is 1.99. The molecule has 1 aromatic heterocycles. The highest BCUT2D eigenvalue weighted by Gasteiger charge is 2.08. The van der Waals surface area contributed by atoms with E-state index in [1.165, 1.54) is 80.0 Å². The van der Waals surface area contributed by atoms with Crippen molar-refractivity contribution in [3.8, 4) is 0 Å². The lowest BCUT2D eigenvalue weighted by molar-refractivity contribution is 0.479. The van der Waals surface area contributed by atoms with E-state index in [0.29, 0.717) is 6.04 Å². The predicted octanol–water partition coefficient (Wildman–Crippen LogP) is 6.56. The second kappa shape index (κ2) is 12.7. The molecule has 1 unspecified atom stereocenters. The standard InChI is InChI=1S/C18H32BrNS/c1-3-4-5-6-7-8-9-10-11-12-17(20-2)14-18-13-16(19)15-21-18/h13,15,17,20H,3-12,14H2,1-2H3. The van der Waals surface area contributed by atoms with E-state index in [4.69, 9.17) is 0 Å². The van der Waals surface area contributed by atoms with Crippen LogP contribution >= 0.6 is 27.3 Å². The van der Waals surface area contributed by atoms with Crippen molar-refractivity contribution >= 4 is 27.3 Å². The number of halogens is 1. The first-order chi connectivity index (χ1) is 10.3. The molecule has 0 bridgehead atoms.